The van der Waals surface area contributed by atoms with E-state index in [1.54, 1.807) is 0 Å². The zero-order chi connectivity index (χ0) is 23.7. The van der Waals surface area contributed by atoms with Crippen molar-refractivity contribution in [2.24, 2.45) is 0 Å². The normalized spacial score (nSPS) is 16.0. The maximum absolute atomic E-state index is 11.2. The van der Waals surface area contributed by atoms with E-state index in [9.17, 15) is 5.11 Å². The van der Waals surface area contributed by atoms with Gasteiger partial charge in [-0.25, -0.2) is 4.98 Å². The minimum Gasteiger partial charge on any atom is -0.488 e. The van der Waals surface area contributed by atoms with Crippen LogP contribution in [0.2, 0.25) is 0 Å². The van der Waals surface area contributed by atoms with Crippen molar-refractivity contribution in [1.82, 2.24) is 24.5 Å². The summed E-state index contributed by atoms with van der Waals surface area (Å²) in [5.74, 6) is 1.35. The van der Waals surface area contributed by atoms with Gasteiger partial charge in [-0.3, -0.25) is 9.30 Å². The topological polar surface area (TPSA) is 75.8 Å². The highest BCUT2D eigenvalue weighted by atomic mass is 16.5. The Labute approximate surface area is 203 Å². The lowest BCUT2D eigenvalue weighted by Gasteiger charge is -2.38. The van der Waals surface area contributed by atoms with Gasteiger partial charge in [0.25, 0.3) is 0 Å². The van der Waals surface area contributed by atoms with Gasteiger partial charge in [0.2, 0.25) is 0 Å². The Morgan fingerprint density at radius 3 is 2.54 bits per heavy atom. The van der Waals surface area contributed by atoms with Crippen LogP contribution in [-0.4, -0.2) is 54.9 Å². The number of hydrogen-bond acceptors (Lipinski definition) is 6. The molecule has 176 valence electrons. The van der Waals surface area contributed by atoms with Gasteiger partial charge in [0.05, 0.1) is 0 Å². The molecule has 0 aliphatic carbocycles. The number of pyridine rings is 2. The molecule has 6 rings (SSSR count). The van der Waals surface area contributed by atoms with Crippen molar-refractivity contribution in [3.05, 3.63) is 90.6 Å². The Hall–Kier alpha value is -3.81. The lowest BCUT2D eigenvalue weighted by Crippen LogP contribution is -2.47. The summed E-state index contributed by atoms with van der Waals surface area (Å²) in [6.07, 6.45) is 3.28. The first-order valence-corrected chi connectivity index (χ1v) is 12.0. The number of aromatic nitrogens is 4. The third-order valence-corrected chi connectivity index (χ3v) is 6.76. The molecule has 7 heteroatoms. The van der Waals surface area contributed by atoms with Crippen LogP contribution in [0.15, 0.2) is 85.1 Å². The number of hydrogen-bond donors (Lipinski definition) is 1. The fraction of sp³-hybridized carbons (Fsp3) is 0.250. The van der Waals surface area contributed by atoms with Crippen LogP contribution in [0.5, 0.6) is 5.75 Å². The van der Waals surface area contributed by atoms with Gasteiger partial charge in [-0.2, -0.15) is 0 Å². The summed E-state index contributed by atoms with van der Waals surface area (Å²) in [4.78, 5) is 7.26. The van der Waals surface area contributed by atoms with E-state index in [0.29, 0.717) is 24.4 Å². The summed E-state index contributed by atoms with van der Waals surface area (Å²) >= 11 is 0. The molecule has 0 spiro atoms. The second-order valence-corrected chi connectivity index (χ2v) is 9.25. The zero-order valence-electron chi connectivity index (χ0n) is 19.4. The number of ether oxygens (including phenoxy) is 1. The Kier molecular flexibility index (Phi) is 5.64. The molecule has 2 aromatic carbocycles. The summed E-state index contributed by atoms with van der Waals surface area (Å²) in [5.41, 5.74) is 2.70. The molecule has 1 saturated heterocycles. The van der Waals surface area contributed by atoms with Crippen LogP contribution in [-0.2, 0) is 6.54 Å². The molecule has 0 atom stereocenters. The summed E-state index contributed by atoms with van der Waals surface area (Å²) in [6.45, 7) is 2.83. The Balaban J connectivity index is 1.18. The standard InChI is InChI=1S/C28H27N5O2/c34-28(14-17-32(18-15-28)19-21-7-2-1-3-8-21)20-35-24-10-6-9-22-12-13-23(29-26(22)24)27-31-30-25-11-4-5-16-33(25)27/h1-13,16,34H,14-15,17-20H2. The number of nitrogens with zero attached hydrogens (tertiary/aromatic N) is 5. The smallest absolute Gasteiger partial charge is 0.187 e. The van der Waals surface area contributed by atoms with Gasteiger partial charge in [0, 0.05) is 31.2 Å². The van der Waals surface area contributed by atoms with Crippen LogP contribution in [0.4, 0.5) is 0 Å². The second-order valence-electron chi connectivity index (χ2n) is 9.25. The van der Waals surface area contributed by atoms with Crippen LogP contribution in [0.25, 0.3) is 28.1 Å². The fourth-order valence-electron chi connectivity index (χ4n) is 4.70. The lowest BCUT2D eigenvalue weighted by molar-refractivity contribution is -0.0534. The highest BCUT2D eigenvalue weighted by molar-refractivity contribution is 5.86. The molecule has 0 unspecified atom stereocenters. The van der Waals surface area contributed by atoms with Crippen LogP contribution in [0.1, 0.15) is 18.4 Å². The molecule has 5 aromatic rings. The summed E-state index contributed by atoms with van der Waals surface area (Å²) in [6, 6.07) is 26.1. The monoisotopic (exact) mass is 465 g/mol. The molecule has 7 nitrogen and oxygen atoms in total. The van der Waals surface area contributed by atoms with Gasteiger partial charge in [-0.15, -0.1) is 10.2 Å². The first-order valence-electron chi connectivity index (χ1n) is 12.0. The average molecular weight is 466 g/mol. The van der Waals surface area contributed by atoms with Gasteiger partial charge < -0.3 is 9.84 Å². The van der Waals surface area contributed by atoms with E-state index in [1.807, 2.05) is 65.2 Å². The van der Waals surface area contributed by atoms with Crippen LogP contribution in [0.3, 0.4) is 0 Å². The van der Waals surface area contributed by atoms with Crippen molar-refractivity contribution in [1.29, 1.82) is 0 Å². The van der Waals surface area contributed by atoms with Crippen LogP contribution >= 0.6 is 0 Å². The van der Waals surface area contributed by atoms with E-state index in [0.717, 1.165) is 41.9 Å². The van der Waals surface area contributed by atoms with Crippen molar-refractivity contribution in [2.75, 3.05) is 19.7 Å². The molecule has 0 bridgehead atoms. The molecular formula is C28H27N5O2. The average Bonchev–Trinajstić information content (AvgIpc) is 3.34. The number of fused-ring (bicyclic) bond motifs is 2. The Morgan fingerprint density at radius 2 is 1.69 bits per heavy atom. The molecule has 1 N–H and O–H groups in total. The molecule has 1 aliphatic heterocycles. The number of piperidine rings is 1. The predicted molar refractivity (Wildman–Crippen MR) is 135 cm³/mol. The summed E-state index contributed by atoms with van der Waals surface area (Å²) in [5, 5.41) is 20.8. The second kappa shape index (κ2) is 9.09. The van der Waals surface area contributed by atoms with E-state index >= 15 is 0 Å². The molecule has 1 fully saturated rings. The third-order valence-electron chi connectivity index (χ3n) is 6.76. The van der Waals surface area contributed by atoms with Gasteiger partial charge in [-0.05, 0) is 42.7 Å². The number of aliphatic hydroxyl groups is 1. The molecule has 4 heterocycles. The van der Waals surface area contributed by atoms with Crippen molar-refractivity contribution >= 4 is 16.6 Å². The maximum atomic E-state index is 11.2. The molecule has 3 aromatic heterocycles. The molecule has 35 heavy (non-hydrogen) atoms. The van der Waals surface area contributed by atoms with E-state index in [-0.39, 0.29) is 6.61 Å². The maximum Gasteiger partial charge on any atom is 0.187 e. The van der Waals surface area contributed by atoms with Crippen molar-refractivity contribution in [3.63, 3.8) is 0 Å². The number of benzene rings is 2. The quantitative estimate of drug-likeness (QED) is 0.402. The first-order chi connectivity index (χ1) is 17.2. The SMILES string of the molecule is OC1(COc2cccc3ccc(-c4nnc5ccccn45)nc23)CCN(Cc2ccccc2)CC1. The molecule has 0 amide bonds. The van der Waals surface area contributed by atoms with Crippen LogP contribution < -0.4 is 4.74 Å². The van der Waals surface area contributed by atoms with Gasteiger partial charge in [0.15, 0.2) is 11.5 Å². The van der Waals surface area contributed by atoms with E-state index in [1.165, 1.54) is 5.56 Å². The van der Waals surface area contributed by atoms with Crippen molar-refractivity contribution < 1.29 is 9.84 Å². The highest BCUT2D eigenvalue weighted by Crippen LogP contribution is 2.30. The van der Waals surface area contributed by atoms with Gasteiger partial charge in [-0.1, -0.05) is 54.6 Å². The molecule has 0 saturated carbocycles. The highest BCUT2D eigenvalue weighted by Gasteiger charge is 2.33. The number of likely N-dealkylation sites (tertiary alicyclic amines) is 1. The molecular weight excluding hydrogens is 438 g/mol. The summed E-state index contributed by atoms with van der Waals surface area (Å²) < 4.78 is 8.12. The summed E-state index contributed by atoms with van der Waals surface area (Å²) in [7, 11) is 0. The minimum absolute atomic E-state index is 0.241. The largest absolute Gasteiger partial charge is 0.488 e. The Bertz CT molecular complexity index is 1460. The van der Waals surface area contributed by atoms with E-state index in [4.69, 9.17) is 9.72 Å². The predicted octanol–water partition coefficient (Wildman–Crippen LogP) is 4.35. The number of rotatable bonds is 6. The van der Waals surface area contributed by atoms with E-state index in [2.05, 4.69) is 39.4 Å². The van der Waals surface area contributed by atoms with Gasteiger partial charge >= 0.3 is 0 Å². The first kappa shape index (κ1) is 21.7. The van der Waals surface area contributed by atoms with Gasteiger partial charge in [0.1, 0.15) is 29.2 Å². The van der Waals surface area contributed by atoms with Crippen molar-refractivity contribution in [2.45, 2.75) is 25.0 Å². The van der Waals surface area contributed by atoms with Crippen LogP contribution in [0, 0.1) is 0 Å². The van der Waals surface area contributed by atoms with Crippen molar-refractivity contribution in [3.8, 4) is 17.3 Å². The fourth-order valence-corrected chi connectivity index (χ4v) is 4.70. The third kappa shape index (κ3) is 4.48. The number of para-hydroxylation sites is 1. The minimum atomic E-state index is -0.851. The zero-order valence-corrected chi connectivity index (χ0v) is 19.4. The lowest BCUT2D eigenvalue weighted by atomic mass is 9.92. The Morgan fingerprint density at radius 1 is 0.857 bits per heavy atom. The molecule has 0 radical (unpaired) electrons. The molecule has 1 aliphatic rings. The van der Waals surface area contributed by atoms with E-state index < -0.39 is 5.60 Å².